The van der Waals surface area contributed by atoms with E-state index in [1.807, 2.05) is 6.07 Å². The monoisotopic (exact) mass is 361 g/mol. The quantitative estimate of drug-likeness (QED) is 0.765. The molecule has 1 aromatic heterocycles. The molecular formula is C16H29Cl2N5. The Labute approximate surface area is 151 Å². The number of halogens is 2. The summed E-state index contributed by atoms with van der Waals surface area (Å²) in [7, 11) is 0. The van der Waals surface area contributed by atoms with Crippen LogP contribution in [0.3, 0.4) is 0 Å². The molecule has 0 radical (unpaired) electrons. The van der Waals surface area contributed by atoms with Crippen LogP contribution in [0.2, 0.25) is 0 Å². The van der Waals surface area contributed by atoms with Gasteiger partial charge in [0, 0.05) is 24.6 Å². The third-order valence-electron chi connectivity index (χ3n) is 6.16. The van der Waals surface area contributed by atoms with Gasteiger partial charge >= 0.3 is 0 Å². The van der Waals surface area contributed by atoms with E-state index in [-0.39, 0.29) is 24.8 Å². The van der Waals surface area contributed by atoms with Crippen LogP contribution in [-0.4, -0.2) is 22.6 Å². The van der Waals surface area contributed by atoms with Crippen LogP contribution in [-0.2, 0) is 0 Å². The van der Waals surface area contributed by atoms with Gasteiger partial charge in [0.1, 0.15) is 5.82 Å². The summed E-state index contributed by atoms with van der Waals surface area (Å²) < 4.78 is 0. The average molecular weight is 362 g/mol. The molecule has 132 valence electrons. The third kappa shape index (κ3) is 3.52. The Bertz CT molecular complexity index is 541. The maximum atomic E-state index is 5.86. The first-order valence-corrected chi connectivity index (χ1v) is 7.85. The van der Waals surface area contributed by atoms with E-state index in [2.05, 4.69) is 43.0 Å². The Kier molecular flexibility index (Phi) is 5.83. The molecule has 1 aromatic rings. The number of hydrogen-bond acceptors (Lipinski definition) is 5. The van der Waals surface area contributed by atoms with Crippen molar-refractivity contribution >= 4 is 36.6 Å². The van der Waals surface area contributed by atoms with Crippen molar-refractivity contribution in [3.63, 3.8) is 0 Å². The first-order valence-electron chi connectivity index (χ1n) is 7.85. The minimum Gasteiger partial charge on any atom is -0.370 e. The zero-order valence-corrected chi connectivity index (χ0v) is 15.9. The molecule has 2 fully saturated rings. The number of aromatic nitrogens is 2. The van der Waals surface area contributed by atoms with Crippen LogP contribution in [0.25, 0.3) is 0 Å². The highest BCUT2D eigenvalue weighted by atomic mass is 35.5. The van der Waals surface area contributed by atoms with Gasteiger partial charge in [-0.2, -0.15) is 4.98 Å². The molecule has 0 aromatic carbocycles. The standard InChI is InChI=1S/C16H27N5.2ClH/c1-15(2)12(16(15,3)4)8-19-13-7-11(20-14(18)21-13)9-5-10(17)6-9;;/h7,9-10,12H,5-6,8,17H2,1-4H3,(H3,18,19,20,21);2*1H. The summed E-state index contributed by atoms with van der Waals surface area (Å²) in [5.74, 6) is 2.29. The molecule has 5 nitrogen and oxygen atoms in total. The summed E-state index contributed by atoms with van der Waals surface area (Å²) in [5.41, 5.74) is 13.5. The van der Waals surface area contributed by atoms with Gasteiger partial charge < -0.3 is 16.8 Å². The lowest BCUT2D eigenvalue weighted by Crippen LogP contribution is -2.35. The van der Waals surface area contributed by atoms with Crippen LogP contribution in [0.4, 0.5) is 11.8 Å². The Morgan fingerprint density at radius 1 is 1.13 bits per heavy atom. The second-order valence-corrected chi connectivity index (χ2v) is 7.84. The van der Waals surface area contributed by atoms with Crippen LogP contribution >= 0.6 is 24.8 Å². The van der Waals surface area contributed by atoms with Crippen molar-refractivity contribution in [1.82, 2.24) is 9.97 Å². The highest BCUT2D eigenvalue weighted by molar-refractivity contribution is 5.85. The van der Waals surface area contributed by atoms with Gasteiger partial charge in [-0.25, -0.2) is 4.98 Å². The second kappa shape index (κ2) is 6.61. The Hall–Kier alpha value is -0.780. The van der Waals surface area contributed by atoms with Gasteiger partial charge in [-0.15, -0.1) is 24.8 Å². The molecule has 2 aliphatic rings. The van der Waals surface area contributed by atoms with E-state index >= 15 is 0 Å². The van der Waals surface area contributed by atoms with Crippen LogP contribution in [0.1, 0.15) is 52.1 Å². The summed E-state index contributed by atoms with van der Waals surface area (Å²) >= 11 is 0. The predicted molar refractivity (Wildman–Crippen MR) is 100 cm³/mol. The molecule has 0 atom stereocenters. The van der Waals surface area contributed by atoms with Crippen molar-refractivity contribution in [2.45, 2.75) is 52.5 Å². The average Bonchev–Trinajstić information content (AvgIpc) is 2.72. The molecule has 23 heavy (non-hydrogen) atoms. The molecule has 2 saturated carbocycles. The summed E-state index contributed by atoms with van der Waals surface area (Å²) in [5, 5.41) is 3.45. The lowest BCUT2D eigenvalue weighted by Gasteiger charge is -2.32. The van der Waals surface area contributed by atoms with Gasteiger partial charge in [0.2, 0.25) is 5.95 Å². The molecule has 0 saturated heterocycles. The van der Waals surface area contributed by atoms with Crippen molar-refractivity contribution < 1.29 is 0 Å². The SMILES string of the molecule is CC1(C)C(CNc2cc(C3CC(N)C3)nc(N)n2)C1(C)C.Cl.Cl. The zero-order chi connectivity index (χ0) is 15.4. The number of nitrogens with one attached hydrogen (secondary N) is 1. The van der Waals surface area contributed by atoms with Crippen molar-refractivity contribution in [2.24, 2.45) is 22.5 Å². The van der Waals surface area contributed by atoms with E-state index in [4.69, 9.17) is 11.5 Å². The van der Waals surface area contributed by atoms with Crippen molar-refractivity contribution in [3.8, 4) is 0 Å². The normalized spacial score (nSPS) is 27.2. The number of nitrogens with two attached hydrogens (primary N) is 2. The first kappa shape index (κ1) is 20.3. The van der Waals surface area contributed by atoms with Crippen LogP contribution in [0.5, 0.6) is 0 Å². The van der Waals surface area contributed by atoms with E-state index in [0.717, 1.165) is 30.9 Å². The largest absolute Gasteiger partial charge is 0.370 e. The third-order valence-corrected chi connectivity index (χ3v) is 6.16. The highest BCUT2D eigenvalue weighted by Gasteiger charge is 2.64. The van der Waals surface area contributed by atoms with Crippen LogP contribution in [0, 0.1) is 16.7 Å². The number of anilines is 2. The minimum atomic E-state index is 0. The molecule has 0 amide bonds. The Morgan fingerprint density at radius 3 is 2.17 bits per heavy atom. The predicted octanol–water partition coefficient (Wildman–Crippen LogP) is 3.20. The lowest BCUT2D eigenvalue weighted by molar-refractivity contribution is 0.345. The van der Waals surface area contributed by atoms with Crippen molar-refractivity contribution in [3.05, 3.63) is 11.8 Å². The number of nitrogens with zero attached hydrogens (tertiary/aromatic N) is 2. The summed E-state index contributed by atoms with van der Waals surface area (Å²) in [6.45, 7) is 10.2. The molecule has 0 spiro atoms. The smallest absolute Gasteiger partial charge is 0.222 e. The molecule has 0 bridgehead atoms. The summed E-state index contributed by atoms with van der Waals surface area (Å²) in [6, 6.07) is 2.35. The molecule has 2 aliphatic carbocycles. The molecule has 3 rings (SSSR count). The minimum absolute atomic E-state index is 0. The van der Waals surface area contributed by atoms with E-state index in [1.54, 1.807) is 0 Å². The van der Waals surface area contributed by atoms with Gasteiger partial charge in [0.15, 0.2) is 0 Å². The maximum Gasteiger partial charge on any atom is 0.222 e. The molecule has 7 heteroatoms. The fourth-order valence-corrected chi connectivity index (χ4v) is 3.74. The Morgan fingerprint density at radius 2 is 1.70 bits per heavy atom. The number of rotatable bonds is 4. The van der Waals surface area contributed by atoms with Gasteiger partial charge in [-0.1, -0.05) is 27.7 Å². The molecular weight excluding hydrogens is 333 g/mol. The van der Waals surface area contributed by atoms with Crippen LogP contribution < -0.4 is 16.8 Å². The molecule has 5 N–H and O–H groups in total. The Balaban J connectivity index is 0.00000132. The van der Waals surface area contributed by atoms with Gasteiger partial charge in [0.25, 0.3) is 0 Å². The van der Waals surface area contributed by atoms with Crippen molar-refractivity contribution in [1.29, 1.82) is 0 Å². The maximum absolute atomic E-state index is 5.86. The molecule has 0 aliphatic heterocycles. The first-order chi connectivity index (χ1) is 9.71. The van der Waals surface area contributed by atoms with E-state index in [9.17, 15) is 0 Å². The summed E-state index contributed by atoms with van der Waals surface area (Å²) in [6.07, 6.45) is 2.00. The highest BCUT2D eigenvalue weighted by Crippen LogP contribution is 2.68. The van der Waals surface area contributed by atoms with E-state index in [1.165, 1.54) is 0 Å². The topological polar surface area (TPSA) is 89.8 Å². The summed E-state index contributed by atoms with van der Waals surface area (Å²) in [4.78, 5) is 8.67. The van der Waals surface area contributed by atoms with Gasteiger partial charge in [-0.3, -0.25) is 0 Å². The zero-order valence-electron chi connectivity index (χ0n) is 14.3. The molecule has 1 heterocycles. The van der Waals surface area contributed by atoms with Gasteiger partial charge in [0.05, 0.1) is 5.69 Å². The molecule has 0 unspecified atom stereocenters. The fourth-order valence-electron chi connectivity index (χ4n) is 3.74. The van der Waals surface area contributed by atoms with Crippen molar-refractivity contribution in [2.75, 3.05) is 17.6 Å². The van der Waals surface area contributed by atoms with Gasteiger partial charge in [-0.05, 0) is 29.6 Å². The number of nitrogen functional groups attached to an aromatic ring is 1. The van der Waals surface area contributed by atoms with Crippen LogP contribution in [0.15, 0.2) is 6.07 Å². The van der Waals surface area contributed by atoms with E-state index < -0.39 is 0 Å². The lowest BCUT2D eigenvalue weighted by atomic mass is 9.78. The second-order valence-electron chi connectivity index (χ2n) is 7.84. The fraction of sp³-hybridized carbons (Fsp3) is 0.750. The number of hydrogen-bond donors (Lipinski definition) is 3. The van der Waals surface area contributed by atoms with E-state index in [0.29, 0.717) is 34.7 Å².